The molecule has 0 unspecified atom stereocenters. The molecule has 0 saturated heterocycles. The van der Waals surface area contributed by atoms with Gasteiger partial charge in [-0.3, -0.25) is 4.79 Å². The molecule has 26 heavy (non-hydrogen) atoms. The minimum Gasteiger partial charge on any atom is -0.497 e. The number of rotatable bonds is 7. The topological polar surface area (TPSA) is 66.0 Å². The summed E-state index contributed by atoms with van der Waals surface area (Å²) in [6, 6.07) is 11.1. The molecule has 138 valence electrons. The second-order valence-corrected chi connectivity index (χ2v) is 6.18. The van der Waals surface area contributed by atoms with E-state index in [0.717, 1.165) is 24.2 Å². The summed E-state index contributed by atoms with van der Waals surface area (Å²) in [6.07, 6.45) is 1.80. The summed E-state index contributed by atoms with van der Waals surface area (Å²) in [5.74, 6) is 1.97. The fraction of sp³-hybridized carbons (Fsp3) is 0.350. The van der Waals surface area contributed by atoms with Crippen LogP contribution < -0.4 is 24.3 Å². The minimum absolute atomic E-state index is 0.183. The zero-order chi connectivity index (χ0) is 18.7. The second kappa shape index (κ2) is 7.15. The number of amides is 1. The van der Waals surface area contributed by atoms with Crippen LogP contribution in [-0.4, -0.2) is 34.3 Å². The van der Waals surface area contributed by atoms with Gasteiger partial charge in [0.2, 0.25) is 5.75 Å². The van der Waals surface area contributed by atoms with Gasteiger partial charge in [0.25, 0.3) is 5.91 Å². The Morgan fingerprint density at radius 1 is 0.885 bits per heavy atom. The van der Waals surface area contributed by atoms with Gasteiger partial charge in [-0.1, -0.05) is 12.1 Å². The van der Waals surface area contributed by atoms with Crippen molar-refractivity contribution >= 4 is 5.91 Å². The Balaban J connectivity index is 1.85. The number of benzene rings is 2. The lowest BCUT2D eigenvalue weighted by Crippen LogP contribution is -2.34. The molecular formula is C20H23NO5. The number of methoxy groups -OCH3 is 4. The molecule has 0 aliphatic heterocycles. The van der Waals surface area contributed by atoms with Crippen molar-refractivity contribution in [3.63, 3.8) is 0 Å². The highest BCUT2D eigenvalue weighted by Gasteiger charge is 2.45. The molecule has 0 bridgehead atoms. The molecule has 6 nitrogen and oxygen atoms in total. The molecule has 2 aromatic rings. The summed E-state index contributed by atoms with van der Waals surface area (Å²) in [7, 11) is 6.22. The Hall–Kier alpha value is -2.89. The quantitative estimate of drug-likeness (QED) is 0.825. The van der Waals surface area contributed by atoms with E-state index in [1.54, 1.807) is 19.2 Å². The third kappa shape index (κ3) is 3.27. The van der Waals surface area contributed by atoms with Crippen LogP contribution in [0.5, 0.6) is 23.0 Å². The van der Waals surface area contributed by atoms with Crippen LogP contribution in [0, 0.1) is 0 Å². The summed E-state index contributed by atoms with van der Waals surface area (Å²) < 4.78 is 21.2. The van der Waals surface area contributed by atoms with Gasteiger partial charge in [0.15, 0.2) is 11.5 Å². The molecule has 0 aromatic heterocycles. The standard InChI is InChI=1S/C20H23NO5/c1-23-15-7-5-14(6-8-15)20(9-10-20)21-19(22)13-11-16(24-2)18(26-4)17(12-13)25-3/h5-8,11-12H,9-10H2,1-4H3,(H,21,22). The van der Waals surface area contributed by atoms with Crippen molar-refractivity contribution in [3.8, 4) is 23.0 Å². The molecule has 0 atom stereocenters. The summed E-state index contributed by atoms with van der Waals surface area (Å²) in [6.45, 7) is 0. The van der Waals surface area contributed by atoms with E-state index < -0.39 is 0 Å². The average Bonchev–Trinajstić information content (AvgIpc) is 3.47. The SMILES string of the molecule is COc1ccc(C2(NC(=O)c3cc(OC)c(OC)c(OC)c3)CC2)cc1. The lowest BCUT2D eigenvalue weighted by Gasteiger charge is -2.19. The van der Waals surface area contributed by atoms with Crippen molar-refractivity contribution in [2.45, 2.75) is 18.4 Å². The van der Waals surface area contributed by atoms with Gasteiger partial charge in [-0.2, -0.15) is 0 Å². The summed E-state index contributed by atoms with van der Waals surface area (Å²) in [5.41, 5.74) is 1.20. The maximum atomic E-state index is 12.8. The van der Waals surface area contributed by atoms with Crippen molar-refractivity contribution in [2.75, 3.05) is 28.4 Å². The van der Waals surface area contributed by atoms with Gasteiger partial charge in [0.1, 0.15) is 5.75 Å². The van der Waals surface area contributed by atoms with Crippen LogP contribution >= 0.6 is 0 Å². The molecule has 3 rings (SSSR count). The normalized spacial score (nSPS) is 14.3. The monoisotopic (exact) mass is 357 g/mol. The Morgan fingerprint density at radius 2 is 1.46 bits per heavy atom. The van der Waals surface area contributed by atoms with E-state index in [-0.39, 0.29) is 11.4 Å². The van der Waals surface area contributed by atoms with Crippen molar-refractivity contribution in [1.29, 1.82) is 0 Å². The van der Waals surface area contributed by atoms with E-state index in [4.69, 9.17) is 18.9 Å². The Bertz CT molecular complexity index is 771. The maximum absolute atomic E-state index is 12.8. The van der Waals surface area contributed by atoms with Crippen LogP contribution in [0.4, 0.5) is 0 Å². The molecular weight excluding hydrogens is 334 g/mol. The van der Waals surface area contributed by atoms with E-state index in [0.29, 0.717) is 22.8 Å². The van der Waals surface area contributed by atoms with Crippen molar-refractivity contribution in [2.24, 2.45) is 0 Å². The number of hydrogen-bond acceptors (Lipinski definition) is 5. The van der Waals surface area contributed by atoms with Gasteiger partial charge in [-0.25, -0.2) is 0 Å². The molecule has 1 N–H and O–H groups in total. The fourth-order valence-electron chi connectivity index (χ4n) is 3.02. The van der Waals surface area contributed by atoms with Crippen LogP contribution in [0.15, 0.2) is 36.4 Å². The Kier molecular flexibility index (Phi) is 4.93. The second-order valence-electron chi connectivity index (χ2n) is 6.18. The summed E-state index contributed by atoms with van der Waals surface area (Å²) in [4.78, 5) is 12.8. The number of hydrogen-bond donors (Lipinski definition) is 1. The summed E-state index contributed by atoms with van der Waals surface area (Å²) >= 11 is 0. The average molecular weight is 357 g/mol. The molecule has 1 aliphatic rings. The molecule has 0 spiro atoms. The Labute approximate surface area is 153 Å². The highest BCUT2D eigenvalue weighted by atomic mass is 16.5. The first-order chi connectivity index (χ1) is 12.6. The van der Waals surface area contributed by atoms with E-state index in [2.05, 4.69) is 5.32 Å². The van der Waals surface area contributed by atoms with Gasteiger partial charge >= 0.3 is 0 Å². The van der Waals surface area contributed by atoms with Gasteiger partial charge in [0, 0.05) is 5.56 Å². The molecule has 2 aromatic carbocycles. The predicted molar refractivity (Wildman–Crippen MR) is 97.5 cm³/mol. The predicted octanol–water partition coefficient (Wildman–Crippen LogP) is 3.14. The molecule has 1 saturated carbocycles. The molecule has 1 aliphatic carbocycles. The number of carbonyl (C=O) groups excluding carboxylic acids is 1. The third-order valence-corrected chi connectivity index (χ3v) is 4.67. The van der Waals surface area contributed by atoms with Gasteiger partial charge in [-0.05, 0) is 42.7 Å². The Morgan fingerprint density at radius 3 is 1.88 bits per heavy atom. The molecule has 0 heterocycles. The molecule has 1 fully saturated rings. The maximum Gasteiger partial charge on any atom is 0.252 e. The zero-order valence-electron chi connectivity index (χ0n) is 15.4. The number of ether oxygens (including phenoxy) is 4. The number of nitrogens with one attached hydrogen (secondary N) is 1. The first-order valence-corrected chi connectivity index (χ1v) is 8.34. The van der Waals surface area contributed by atoms with Crippen molar-refractivity contribution in [1.82, 2.24) is 5.32 Å². The first-order valence-electron chi connectivity index (χ1n) is 8.34. The smallest absolute Gasteiger partial charge is 0.252 e. The van der Waals surface area contributed by atoms with Crippen molar-refractivity contribution in [3.05, 3.63) is 47.5 Å². The molecule has 1 amide bonds. The van der Waals surface area contributed by atoms with E-state index >= 15 is 0 Å². The number of carbonyl (C=O) groups is 1. The van der Waals surface area contributed by atoms with E-state index in [1.165, 1.54) is 21.3 Å². The highest BCUT2D eigenvalue weighted by Crippen LogP contribution is 2.46. The lowest BCUT2D eigenvalue weighted by molar-refractivity contribution is 0.0930. The molecule has 0 radical (unpaired) electrons. The van der Waals surface area contributed by atoms with Gasteiger partial charge in [-0.15, -0.1) is 0 Å². The fourth-order valence-corrected chi connectivity index (χ4v) is 3.02. The van der Waals surface area contributed by atoms with Crippen LogP contribution in [0.25, 0.3) is 0 Å². The van der Waals surface area contributed by atoms with Crippen LogP contribution in [0.1, 0.15) is 28.8 Å². The van der Waals surface area contributed by atoms with E-state index in [9.17, 15) is 4.79 Å². The summed E-state index contributed by atoms with van der Waals surface area (Å²) in [5, 5.41) is 3.15. The minimum atomic E-state index is -0.330. The lowest BCUT2D eigenvalue weighted by atomic mass is 10.0. The highest BCUT2D eigenvalue weighted by molar-refractivity contribution is 5.96. The van der Waals surface area contributed by atoms with Gasteiger partial charge < -0.3 is 24.3 Å². The van der Waals surface area contributed by atoms with E-state index in [1.807, 2.05) is 24.3 Å². The van der Waals surface area contributed by atoms with Crippen LogP contribution in [0.2, 0.25) is 0 Å². The largest absolute Gasteiger partial charge is 0.497 e. The van der Waals surface area contributed by atoms with Crippen LogP contribution in [-0.2, 0) is 5.54 Å². The zero-order valence-corrected chi connectivity index (χ0v) is 15.4. The third-order valence-electron chi connectivity index (χ3n) is 4.67. The van der Waals surface area contributed by atoms with Crippen molar-refractivity contribution < 1.29 is 23.7 Å². The van der Waals surface area contributed by atoms with Crippen LogP contribution in [0.3, 0.4) is 0 Å². The molecule has 6 heteroatoms. The first kappa shape index (κ1) is 17.9. The van der Waals surface area contributed by atoms with Gasteiger partial charge in [0.05, 0.1) is 34.0 Å².